The van der Waals surface area contributed by atoms with Crippen molar-refractivity contribution in [3.8, 4) is 11.5 Å². The molecule has 0 aliphatic rings. The van der Waals surface area contributed by atoms with E-state index in [1.54, 1.807) is 19.2 Å². The molecular formula is C11H11Br3O4. The summed E-state index contributed by atoms with van der Waals surface area (Å²) in [4.78, 5) is 10.7. The first-order valence-electron chi connectivity index (χ1n) is 4.87. The summed E-state index contributed by atoms with van der Waals surface area (Å²) < 4.78 is 16.8. The molecule has 0 saturated carbocycles. The highest BCUT2D eigenvalue weighted by Gasteiger charge is 2.17. The highest BCUT2D eigenvalue weighted by molar-refractivity contribution is 9.11. The molecular weight excluding hydrogens is 436 g/mol. The second-order valence-corrected chi connectivity index (χ2v) is 6.03. The van der Waals surface area contributed by atoms with Gasteiger partial charge in [0.1, 0.15) is 22.9 Å². The van der Waals surface area contributed by atoms with E-state index in [1.807, 2.05) is 0 Å². The van der Waals surface area contributed by atoms with Gasteiger partial charge in [-0.3, -0.25) is 4.79 Å². The molecule has 0 aliphatic carbocycles. The van der Waals surface area contributed by atoms with E-state index in [2.05, 4.69) is 52.5 Å². The Hall–Kier alpha value is -0.270. The van der Waals surface area contributed by atoms with Crippen LogP contribution >= 0.6 is 47.8 Å². The summed E-state index contributed by atoms with van der Waals surface area (Å²) in [6, 6.07) is 3.54. The molecule has 1 rings (SSSR count). The molecule has 1 aromatic rings. The van der Waals surface area contributed by atoms with Crippen LogP contribution in [0.2, 0.25) is 0 Å². The largest absolute Gasteiger partial charge is 0.496 e. The molecule has 7 heteroatoms. The van der Waals surface area contributed by atoms with Crippen molar-refractivity contribution >= 4 is 53.8 Å². The van der Waals surface area contributed by atoms with Crippen LogP contribution in [0.15, 0.2) is 21.1 Å². The molecule has 18 heavy (non-hydrogen) atoms. The van der Waals surface area contributed by atoms with Gasteiger partial charge >= 0.3 is 5.97 Å². The van der Waals surface area contributed by atoms with E-state index in [-0.39, 0.29) is 12.6 Å². The molecule has 0 amide bonds. The third kappa shape index (κ3) is 4.13. The lowest BCUT2D eigenvalue weighted by Gasteiger charge is -2.13. The molecule has 1 atom stereocenters. The van der Waals surface area contributed by atoms with E-state index in [0.29, 0.717) is 11.5 Å². The van der Waals surface area contributed by atoms with Crippen molar-refractivity contribution in [2.24, 2.45) is 0 Å². The maximum Gasteiger partial charge on any atom is 0.322 e. The molecule has 0 N–H and O–H groups in total. The zero-order chi connectivity index (χ0) is 13.7. The van der Waals surface area contributed by atoms with Crippen LogP contribution in [0.5, 0.6) is 11.5 Å². The van der Waals surface area contributed by atoms with Gasteiger partial charge in [0, 0.05) is 0 Å². The van der Waals surface area contributed by atoms with Gasteiger partial charge in [-0.15, -0.1) is 0 Å². The van der Waals surface area contributed by atoms with Crippen LogP contribution in [-0.4, -0.2) is 31.6 Å². The quantitative estimate of drug-likeness (QED) is 0.512. The number of hydrogen-bond donors (Lipinski definition) is 0. The van der Waals surface area contributed by atoms with Gasteiger partial charge in [0.15, 0.2) is 0 Å². The summed E-state index contributed by atoms with van der Waals surface area (Å²) >= 11 is 9.91. The Kier molecular flexibility index (Phi) is 6.45. The van der Waals surface area contributed by atoms with Gasteiger partial charge in [0.2, 0.25) is 0 Å². The van der Waals surface area contributed by atoms with Gasteiger partial charge in [-0.2, -0.15) is 0 Å². The predicted octanol–water partition coefficient (Wildman–Crippen LogP) is 3.54. The Labute approximate surface area is 130 Å². The molecule has 4 nitrogen and oxygen atoms in total. The lowest BCUT2D eigenvalue weighted by molar-refractivity contribution is -0.140. The third-order valence-electron chi connectivity index (χ3n) is 2.05. The summed E-state index contributed by atoms with van der Waals surface area (Å²) in [7, 11) is 2.91. The number of alkyl halides is 1. The van der Waals surface area contributed by atoms with Crippen molar-refractivity contribution < 1.29 is 19.0 Å². The Morgan fingerprint density at radius 3 is 2.33 bits per heavy atom. The molecule has 0 aliphatic heterocycles. The van der Waals surface area contributed by atoms with E-state index in [4.69, 9.17) is 9.47 Å². The van der Waals surface area contributed by atoms with Crippen LogP contribution in [0.1, 0.15) is 0 Å². The number of halogens is 3. The van der Waals surface area contributed by atoms with Crippen molar-refractivity contribution in [2.75, 3.05) is 20.8 Å². The Morgan fingerprint density at radius 2 is 1.78 bits per heavy atom. The van der Waals surface area contributed by atoms with Gasteiger partial charge in [-0.1, -0.05) is 15.9 Å². The number of rotatable bonds is 5. The molecule has 1 aromatic carbocycles. The summed E-state index contributed by atoms with van der Waals surface area (Å²) in [5.41, 5.74) is 0. The van der Waals surface area contributed by atoms with Crippen LogP contribution in [0.4, 0.5) is 0 Å². The Morgan fingerprint density at radius 1 is 1.22 bits per heavy atom. The van der Waals surface area contributed by atoms with Crippen LogP contribution in [-0.2, 0) is 9.53 Å². The third-order valence-corrected chi connectivity index (χ3v) is 3.93. The zero-order valence-electron chi connectivity index (χ0n) is 9.71. The molecule has 0 bridgehead atoms. The van der Waals surface area contributed by atoms with Gasteiger partial charge in [-0.25, -0.2) is 0 Å². The molecule has 0 radical (unpaired) electrons. The summed E-state index contributed by atoms with van der Waals surface area (Å²) in [6.07, 6.45) is 0. The number of carbonyl (C=O) groups is 1. The Balaban J connectivity index is 2.74. The first kappa shape index (κ1) is 15.8. The molecule has 1 unspecified atom stereocenters. The fraction of sp³-hybridized carbons (Fsp3) is 0.364. The van der Waals surface area contributed by atoms with Crippen LogP contribution < -0.4 is 9.47 Å². The van der Waals surface area contributed by atoms with E-state index in [1.165, 1.54) is 7.11 Å². The fourth-order valence-corrected chi connectivity index (χ4v) is 2.38. The highest BCUT2D eigenvalue weighted by Crippen LogP contribution is 2.36. The van der Waals surface area contributed by atoms with Crippen LogP contribution in [0.25, 0.3) is 0 Å². The number of methoxy groups -OCH3 is 2. The Bertz CT molecular complexity index is 437. The number of hydrogen-bond acceptors (Lipinski definition) is 4. The van der Waals surface area contributed by atoms with E-state index < -0.39 is 4.83 Å². The van der Waals surface area contributed by atoms with Crippen molar-refractivity contribution in [3.63, 3.8) is 0 Å². The maximum atomic E-state index is 11.2. The van der Waals surface area contributed by atoms with Gasteiger partial charge < -0.3 is 14.2 Å². The lowest BCUT2D eigenvalue weighted by Crippen LogP contribution is -2.23. The van der Waals surface area contributed by atoms with Crippen molar-refractivity contribution in [1.82, 2.24) is 0 Å². The number of esters is 1. The standard InChI is InChI=1S/C11H11Br3O4/c1-16-9-3-7(13)10(4-6(9)12)18-5-8(14)11(15)17-2/h3-4,8H,5H2,1-2H3. The van der Waals surface area contributed by atoms with Crippen LogP contribution in [0.3, 0.4) is 0 Å². The summed E-state index contributed by atoms with van der Waals surface area (Å²) in [5.74, 6) is 0.923. The van der Waals surface area contributed by atoms with Crippen LogP contribution in [0, 0.1) is 0 Å². The van der Waals surface area contributed by atoms with Gasteiger partial charge in [-0.05, 0) is 44.0 Å². The minimum atomic E-state index is -0.504. The molecule has 0 heterocycles. The van der Waals surface area contributed by atoms with E-state index in [9.17, 15) is 4.79 Å². The molecule has 100 valence electrons. The average molecular weight is 447 g/mol. The first-order chi connectivity index (χ1) is 8.49. The van der Waals surface area contributed by atoms with Gasteiger partial charge in [0.05, 0.1) is 23.2 Å². The monoisotopic (exact) mass is 444 g/mol. The highest BCUT2D eigenvalue weighted by atomic mass is 79.9. The summed E-state index contributed by atoms with van der Waals surface area (Å²) in [6.45, 7) is 0.171. The lowest BCUT2D eigenvalue weighted by atomic mass is 10.3. The van der Waals surface area contributed by atoms with Crippen molar-refractivity contribution in [3.05, 3.63) is 21.1 Å². The van der Waals surface area contributed by atoms with Crippen molar-refractivity contribution in [2.45, 2.75) is 4.83 Å². The zero-order valence-corrected chi connectivity index (χ0v) is 14.5. The van der Waals surface area contributed by atoms with Crippen molar-refractivity contribution in [1.29, 1.82) is 0 Å². The maximum absolute atomic E-state index is 11.2. The van der Waals surface area contributed by atoms with E-state index in [0.717, 1.165) is 8.95 Å². The number of benzene rings is 1. The summed E-state index contributed by atoms with van der Waals surface area (Å²) in [5, 5.41) is 0. The van der Waals surface area contributed by atoms with E-state index >= 15 is 0 Å². The smallest absolute Gasteiger partial charge is 0.322 e. The second kappa shape index (κ2) is 7.35. The van der Waals surface area contributed by atoms with Gasteiger partial charge in [0.25, 0.3) is 0 Å². The SMILES string of the molecule is COC(=O)C(Br)COc1cc(Br)c(OC)cc1Br. The predicted molar refractivity (Wildman–Crippen MR) is 78.6 cm³/mol. The minimum absolute atomic E-state index is 0.171. The fourth-order valence-electron chi connectivity index (χ4n) is 1.14. The molecule has 0 fully saturated rings. The second-order valence-electron chi connectivity index (χ2n) is 3.22. The minimum Gasteiger partial charge on any atom is -0.496 e. The normalized spacial score (nSPS) is 11.8. The molecule has 0 spiro atoms. The topological polar surface area (TPSA) is 44.8 Å². The molecule has 0 saturated heterocycles. The first-order valence-corrected chi connectivity index (χ1v) is 7.37. The molecule has 0 aromatic heterocycles. The average Bonchev–Trinajstić information content (AvgIpc) is 2.37. The number of carbonyl (C=O) groups excluding carboxylic acids is 1. The number of ether oxygens (including phenoxy) is 3.